The molecular formula is C29H29N7O4. The zero-order valence-corrected chi connectivity index (χ0v) is 22.4. The minimum atomic E-state index is -0.413. The van der Waals surface area contributed by atoms with E-state index >= 15 is 0 Å². The predicted molar refractivity (Wildman–Crippen MR) is 151 cm³/mol. The van der Waals surface area contributed by atoms with Crippen LogP contribution in [-0.2, 0) is 11.2 Å². The number of hydrogen-bond donors (Lipinski definition) is 3. The van der Waals surface area contributed by atoms with Crippen molar-refractivity contribution in [3.63, 3.8) is 0 Å². The third-order valence-electron chi connectivity index (χ3n) is 6.54. The van der Waals surface area contributed by atoms with E-state index in [4.69, 9.17) is 4.74 Å². The Morgan fingerprint density at radius 2 is 1.73 bits per heavy atom. The highest BCUT2D eigenvalue weighted by Gasteiger charge is 2.35. The largest absolute Gasteiger partial charge is 0.497 e. The van der Waals surface area contributed by atoms with Crippen LogP contribution in [0.2, 0.25) is 0 Å². The maximum Gasteiger partial charge on any atom is 0.261 e. The second-order valence-electron chi connectivity index (χ2n) is 9.41. The molecule has 204 valence electrons. The van der Waals surface area contributed by atoms with Crippen molar-refractivity contribution in [2.24, 2.45) is 4.99 Å². The molecule has 0 unspecified atom stereocenters. The number of ether oxygens (including phenoxy) is 1. The molecule has 3 heterocycles. The topological polar surface area (TPSA) is 142 Å². The number of anilines is 1. The maximum absolute atomic E-state index is 12.9. The molecule has 0 bridgehead atoms. The summed E-state index contributed by atoms with van der Waals surface area (Å²) < 4.78 is 5.35. The van der Waals surface area contributed by atoms with Crippen LogP contribution in [0.4, 0.5) is 5.95 Å². The Balaban J connectivity index is 1.28. The number of aliphatic imine (C=N–C) groups is 1. The van der Waals surface area contributed by atoms with Gasteiger partial charge in [0, 0.05) is 48.0 Å². The molecule has 2 aromatic carbocycles. The third kappa shape index (κ3) is 5.68. The summed E-state index contributed by atoms with van der Waals surface area (Å²) in [7, 11) is 1.63. The lowest BCUT2D eigenvalue weighted by atomic mass is 10.1. The first kappa shape index (κ1) is 26.5. The number of aromatic nitrogens is 3. The van der Waals surface area contributed by atoms with E-state index in [2.05, 4.69) is 30.6 Å². The van der Waals surface area contributed by atoms with Crippen LogP contribution in [0.3, 0.4) is 0 Å². The maximum atomic E-state index is 12.9. The number of rotatable bonds is 8. The van der Waals surface area contributed by atoms with E-state index in [1.54, 1.807) is 31.4 Å². The summed E-state index contributed by atoms with van der Waals surface area (Å²) in [6.07, 6.45) is 2.43. The van der Waals surface area contributed by atoms with Gasteiger partial charge in [0.1, 0.15) is 5.75 Å². The van der Waals surface area contributed by atoms with Crippen molar-refractivity contribution in [1.82, 2.24) is 25.2 Å². The number of aryl methyl sites for hydroxylation is 2. The van der Waals surface area contributed by atoms with Gasteiger partial charge in [0.05, 0.1) is 18.2 Å². The number of nitrogens with one attached hydrogen (secondary N) is 3. The lowest BCUT2D eigenvalue weighted by Gasteiger charge is -2.15. The summed E-state index contributed by atoms with van der Waals surface area (Å²) in [5.41, 5.74) is 4.26. The van der Waals surface area contributed by atoms with Crippen molar-refractivity contribution in [2.75, 3.05) is 25.5 Å². The van der Waals surface area contributed by atoms with E-state index in [0.29, 0.717) is 30.0 Å². The molecule has 0 aliphatic carbocycles. The highest BCUT2D eigenvalue weighted by atomic mass is 16.5. The number of carbonyl (C=O) groups is 3. The standard InChI is InChI=1S/C29H29N7O4/c1-17-14-18(2)33-29(32-17)35-28(30-12-10-19-16-31-24-9-8-20(40-3)15-23(19)24)34-25(37)11-13-36-26(38)21-6-4-5-7-22(21)27(36)39/h4-9,14-16,31H,10-13H2,1-3H3,(H2,30,32,33,34,35,37). The summed E-state index contributed by atoms with van der Waals surface area (Å²) in [5.74, 6) is 0.0165. The number of amides is 3. The molecular weight excluding hydrogens is 510 g/mol. The highest BCUT2D eigenvalue weighted by Crippen LogP contribution is 2.24. The number of H-pyrrole nitrogens is 1. The first-order valence-corrected chi connectivity index (χ1v) is 12.8. The smallest absolute Gasteiger partial charge is 0.261 e. The second kappa shape index (κ2) is 11.4. The van der Waals surface area contributed by atoms with Gasteiger partial charge in [-0.15, -0.1) is 0 Å². The SMILES string of the molecule is COc1ccc2[nH]cc(CCN=C(NC(=O)CCN3C(=O)c4ccccc4C3=O)Nc3nc(C)cc(C)n3)c2c1. The molecule has 0 saturated heterocycles. The minimum absolute atomic E-state index is 0.0529. The molecule has 3 amide bonds. The molecule has 1 aliphatic heterocycles. The number of imide groups is 1. The minimum Gasteiger partial charge on any atom is -0.497 e. The normalized spacial score (nSPS) is 13.1. The van der Waals surface area contributed by atoms with E-state index in [9.17, 15) is 14.4 Å². The number of nitrogens with zero attached hydrogens (tertiary/aromatic N) is 4. The average Bonchev–Trinajstić information content (AvgIpc) is 3.44. The van der Waals surface area contributed by atoms with Crippen LogP contribution >= 0.6 is 0 Å². The van der Waals surface area contributed by atoms with Crippen LogP contribution < -0.4 is 15.4 Å². The summed E-state index contributed by atoms with van der Waals surface area (Å²) in [5, 5.41) is 6.80. The molecule has 0 spiro atoms. The molecule has 0 saturated carbocycles. The first-order valence-electron chi connectivity index (χ1n) is 12.8. The second-order valence-corrected chi connectivity index (χ2v) is 9.41. The van der Waals surface area contributed by atoms with Gasteiger partial charge in [-0.25, -0.2) is 9.97 Å². The Hall–Kier alpha value is -5.06. The number of guanidine groups is 1. The highest BCUT2D eigenvalue weighted by molar-refractivity contribution is 6.21. The summed E-state index contributed by atoms with van der Waals surface area (Å²) in [6.45, 7) is 4.00. The van der Waals surface area contributed by atoms with Crippen molar-refractivity contribution >= 4 is 40.5 Å². The summed E-state index contributed by atoms with van der Waals surface area (Å²) in [6, 6.07) is 14.3. The van der Waals surface area contributed by atoms with E-state index in [0.717, 1.165) is 38.5 Å². The summed E-state index contributed by atoms with van der Waals surface area (Å²) >= 11 is 0. The quantitative estimate of drug-likeness (QED) is 0.177. The van der Waals surface area contributed by atoms with Gasteiger partial charge in [0.25, 0.3) is 11.8 Å². The van der Waals surface area contributed by atoms with Gasteiger partial charge in [-0.1, -0.05) is 12.1 Å². The Morgan fingerprint density at radius 3 is 2.40 bits per heavy atom. The molecule has 2 aromatic heterocycles. The molecule has 4 aromatic rings. The molecule has 0 atom stereocenters. The van der Waals surface area contributed by atoms with E-state index in [-0.39, 0.29) is 18.9 Å². The molecule has 0 radical (unpaired) electrons. The lowest BCUT2D eigenvalue weighted by Crippen LogP contribution is -2.39. The van der Waals surface area contributed by atoms with Crippen LogP contribution in [0, 0.1) is 13.8 Å². The molecule has 11 heteroatoms. The van der Waals surface area contributed by atoms with Crippen molar-refractivity contribution < 1.29 is 19.1 Å². The number of methoxy groups -OCH3 is 1. The Labute approximate surface area is 230 Å². The zero-order chi connectivity index (χ0) is 28.2. The fraction of sp³-hybridized carbons (Fsp3) is 0.241. The number of hydrogen-bond acceptors (Lipinski definition) is 7. The first-order chi connectivity index (χ1) is 19.3. The molecule has 5 rings (SSSR count). The number of benzene rings is 2. The van der Waals surface area contributed by atoms with Crippen molar-refractivity contribution in [3.05, 3.63) is 82.8 Å². The van der Waals surface area contributed by atoms with Gasteiger partial charge in [-0.05, 0) is 62.2 Å². The third-order valence-corrected chi connectivity index (χ3v) is 6.54. The number of fused-ring (bicyclic) bond motifs is 2. The average molecular weight is 540 g/mol. The molecule has 0 fully saturated rings. The molecule has 1 aliphatic rings. The van der Waals surface area contributed by atoms with Crippen molar-refractivity contribution in [3.8, 4) is 5.75 Å². The van der Waals surface area contributed by atoms with Gasteiger partial charge >= 0.3 is 0 Å². The molecule has 11 nitrogen and oxygen atoms in total. The summed E-state index contributed by atoms with van der Waals surface area (Å²) in [4.78, 5) is 55.9. The van der Waals surface area contributed by atoms with Crippen LogP contribution in [-0.4, -0.2) is 63.7 Å². The van der Waals surface area contributed by atoms with E-state index in [1.165, 1.54) is 0 Å². The Morgan fingerprint density at radius 1 is 1.02 bits per heavy atom. The van der Waals surface area contributed by atoms with Gasteiger partial charge in [-0.3, -0.25) is 34.9 Å². The van der Waals surface area contributed by atoms with E-state index in [1.807, 2.05) is 44.3 Å². The Kier molecular flexibility index (Phi) is 7.54. The fourth-order valence-electron chi connectivity index (χ4n) is 4.63. The number of aromatic amines is 1. The van der Waals surface area contributed by atoms with Crippen molar-refractivity contribution in [2.45, 2.75) is 26.7 Å². The van der Waals surface area contributed by atoms with Crippen LogP contribution in [0.25, 0.3) is 10.9 Å². The molecule has 3 N–H and O–H groups in total. The predicted octanol–water partition coefficient (Wildman–Crippen LogP) is 3.40. The zero-order valence-electron chi connectivity index (χ0n) is 22.4. The van der Waals surface area contributed by atoms with Gasteiger partial charge in [-0.2, -0.15) is 0 Å². The van der Waals surface area contributed by atoms with Gasteiger partial charge in [0.2, 0.25) is 17.8 Å². The van der Waals surface area contributed by atoms with Crippen LogP contribution in [0.1, 0.15) is 44.1 Å². The Bertz CT molecular complexity index is 1590. The van der Waals surface area contributed by atoms with E-state index < -0.39 is 17.7 Å². The van der Waals surface area contributed by atoms with Gasteiger partial charge < -0.3 is 9.72 Å². The molecule has 40 heavy (non-hydrogen) atoms. The van der Waals surface area contributed by atoms with Crippen LogP contribution in [0.5, 0.6) is 5.75 Å². The van der Waals surface area contributed by atoms with Crippen LogP contribution in [0.15, 0.2) is 59.7 Å². The lowest BCUT2D eigenvalue weighted by molar-refractivity contribution is -0.119. The monoisotopic (exact) mass is 539 g/mol. The fourth-order valence-corrected chi connectivity index (χ4v) is 4.63. The number of carbonyl (C=O) groups excluding carboxylic acids is 3. The van der Waals surface area contributed by atoms with Gasteiger partial charge in [0.15, 0.2) is 0 Å². The van der Waals surface area contributed by atoms with Crippen molar-refractivity contribution in [1.29, 1.82) is 0 Å².